The maximum absolute atomic E-state index is 12.1. The fourth-order valence-electron chi connectivity index (χ4n) is 2.70. The number of allylic oxidation sites excluding steroid dienone is 2. The largest absolute Gasteiger partial charge is 0.479 e. The van der Waals surface area contributed by atoms with Crippen molar-refractivity contribution in [2.45, 2.75) is 97.9 Å². The fourth-order valence-corrected chi connectivity index (χ4v) is 2.70. The summed E-state index contributed by atoms with van der Waals surface area (Å²) in [5.74, 6) is -5.50. The summed E-state index contributed by atoms with van der Waals surface area (Å²) in [5, 5.41) is 19.6. The molecule has 0 heterocycles. The highest BCUT2D eigenvalue weighted by Crippen LogP contribution is 2.26. The van der Waals surface area contributed by atoms with Gasteiger partial charge in [-0.05, 0) is 56.6 Å². The van der Waals surface area contributed by atoms with Gasteiger partial charge in [-0.2, -0.15) is 0 Å². The zero-order chi connectivity index (χ0) is 22.3. The first-order chi connectivity index (χ1) is 13.8. The molecule has 0 spiro atoms. The molecular formula is C22H38O7. The van der Waals surface area contributed by atoms with Crippen LogP contribution in [0.2, 0.25) is 0 Å². The van der Waals surface area contributed by atoms with E-state index in [9.17, 15) is 19.8 Å². The van der Waals surface area contributed by atoms with E-state index >= 15 is 0 Å². The molecule has 0 aliphatic heterocycles. The van der Waals surface area contributed by atoms with Crippen molar-refractivity contribution >= 4 is 11.9 Å². The van der Waals surface area contributed by atoms with Gasteiger partial charge < -0.3 is 24.4 Å². The molecule has 0 fully saturated rings. The van der Waals surface area contributed by atoms with Crippen LogP contribution in [0, 0.1) is 0 Å². The molecule has 2 atom stereocenters. The summed E-state index contributed by atoms with van der Waals surface area (Å²) in [7, 11) is 0. The number of ether oxygens (including phenoxy) is 3. The molecule has 7 nitrogen and oxygen atoms in total. The van der Waals surface area contributed by atoms with Gasteiger partial charge >= 0.3 is 17.7 Å². The molecule has 2 unspecified atom stereocenters. The van der Waals surface area contributed by atoms with E-state index in [4.69, 9.17) is 14.2 Å². The number of unbranched alkanes of at least 4 members (excludes halogenated alkanes) is 2. The Hall–Kier alpha value is -2.02. The minimum Gasteiger partial charge on any atom is -0.479 e. The molecule has 0 aromatic rings. The normalized spacial score (nSPS) is 15.5. The number of carbonyl (C=O) groups is 2. The highest BCUT2D eigenvalue weighted by atomic mass is 16.7. The average Bonchev–Trinajstić information content (AvgIpc) is 2.69. The Kier molecular flexibility index (Phi) is 13.9. The zero-order valence-electron chi connectivity index (χ0n) is 18.5. The van der Waals surface area contributed by atoms with Gasteiger partial charge in [-0.1, -0.05) is 40.5 Å². The number of hydrogen-bond acceptors (Lipinski definition) is 5. The molecule has 0 bridgehead atoms. The molecule has 0 rings (SSSR count). The summed E-state index contributed by atoms with van der Waals surface area (Å²) in [6, 6.07) is 0. The van der Waals surface area contributed by atoms with Crippen molar-refractivity contribution in [3.8, 4) is 0 Å². The molecule has 0 amide bonds. The maximum atomic E-state index is 12.1. The van der Waals surface area contributed by atoms with Crippen molar-refractivity contribution in [3.05, 3.63) is 23.7 Å². The molecule has 7 heteroatoms. The van der Waals surface area contributed by atoms with Gasteiger partial charge in [-0.3, -0.25) is 0 Å². The zero-order valence-corrected chi connectivity index (χ0v) is 18.5. The maximum Gasteiger partial charge on any atom is 0.382 e. The Morgan fingerprint density at radius 2 is 1.41 bits per heavy atom. The molecule has 29 heavy (non-hydrogen) atoms. The lowest BCUT2D eigenvalue weighted by atomic mass is 10.1. The molecular weight excluding hydrogens is 376 g/mol. The van der Waals surface area contributed by atoms with Gasteiger partial charge in [0.15, 0.2) is 0 Å². The van der Waals surface area contributed by atoms with Crippen molar-refractivity contribution in [2.24, 2.45) is 0 Å². The summed E-state index contributed by atoms with van der Waals surface area (Å²) in [4.78, 5) is 24.0. The van der Waals surface area contributed by atoms with Crippen LogP contribution in [0.1, 0.15) is 86.0 Å². The second-order valence-corrected chi connectivity index (χ2v) is 6.84. The summed E-state index contributed by atoms with van der Waals surface area (Å²) in [6.07, 6.45) is 7.48. The van der Waals surface area contributed by atoms with Crippen LogP contribution in [0.5, 0.6) is 0 Å². The van der Waals surface area contributed by atoms with E-state index in [0.717, 1.165) is 49.7 Å². The Morgan fingerprint density at radius 1 is 0.897 bits per heavy atom. The fraction of sp³-hybridized carbons (Fsp3) is 0.727. The van der Waals surface area contributed by atoms with Crippen LogP contribution in [0.15, 0.2) is 23.7 Å². The van der Waals surface area contributed by atoms with E-state index in [2.05, 4.69) is 13.8 Å². The molecule has 0 saturated heterocycles. The quantitative estimate of drug-likeness (QED) is 0.247. The van der Waals surface area contributed by atoms with Gasteiger partial charge in [-0.25, -0.2) is 9.59 Å². The third-order valence-electron chi connectivity index (χ3n) is 4.61. The highest BCUT2D eigenvalue weighted by Gasteiger charge is 2.55. The summed E-state index contributed by atoms with van der Waals surface area (Å²) >= 11 is 0. The first-order valence-electron chi connectivity index (χ1n) is 10.6. The van der Waals surface area contributed by atoms with Crippen molar-refractivity contribution in [1.29, 1.82) is 0 Å². The summed E-state index contributed by atoms with van der Waals surface area (Å²) in [5.41, 5.74) is 1.79. The topological polar surface area (TPSA) is 102 Å². The number of carboxylic acid groups (broad SMARTS) is 2. The Labute approximate surface area is 174 Å². The predicted octanol–water partition coefficient (Wildman–Crippen LogP) is 5.26. The first-order valence-corrected chi connectivity index (χ1v) is 10.6. The second kappa shape index (κ2) is 14.9. The van der Waals surface area contributed by atoms with Crippen LogP contribution in [-0.4, -0.2) is 40.6 Å². The third-order valence-corrected chi connectivity index (χ3v) is 4.61. The number of rotatable bonds is 17. The molecule has 0 aliphatic carbocycles. The van der Waals surface area contributed by atoms with Crippen LogP contribution >= 0.6 is 0 Å². The molecule has 0 aliphatic rings. The standard InChI is InChI=1S/C22H38O7/c1-6-11-13-17(8-3)15-27-19(20(23)24)22(21(25)26,28-10-5)29-16-18(9-4)14-12-7-2/h15-16,19H,6-14H2,1-5H3,(H,23,24)(H,25,26). The summed E-state index contributed by atoms with van der Waals surface area (Å²) in [6.45, 7) is 9.51. The van der Waals surface area contributed by atoms with Crippen LogP contribution in [0.3, 0.4) is 0 Å². The number of aliphatic carboxylic acids is 2. The van der Waals surface area contributed by atoms with E-state index in [1.165, 1.54) is 12.5 Å². The molecule has 0 radical (unpaired) electrons. The molecule has 2 N–H and O–H groups in total. The minimum absolute atomic E-state index is 0.0517. The van der Waals surface area contributed by atoms with Gasteiger partial charge in [0, 0.05) is 6.61 Å². The van der Waals surface area contributed by atoms with Gasteiger partial charge in [0.1, 0.15) is 0 Å². The highest BCUT2D eigenvalue weighted by molar-refractivity contribution is 5.86. The van der Waals surface area contributed by atoms with Gasteiger partial charge in [-0.15, -0.1) is 0 Å². The van der Waals surface area contributed by atoms with Crippen molar-refractivity contribution < 1.29 is 34.0 Å². The lowest BCUT2D eigenvalue weighted by Crippen LogP contribution is -2.57. The van der Waals surface area contributed by atoms with Gasteiger partial charge in [0.05, 0.1) is 12.5 Å². The summed E-state index contributed by atoms with van der Waals surface area (Å²) < 4.78 is 16.4. The minimum atomic E-state index is -2.48. The number of carboxylic acids is 2. The third kappa shape index (κ3) is 8.90. The van der Waals surface area contributed by atoms with Crippen molar-refractivity contribution in [2.75, 3.05) is 6.61 Å². The van der Waals surface area contributed by atoms with Crippen LogP contribution < -0.4 is 0 Å². The van der Waals surface area contributed by atoms with E-state index in [1.54, 1.807) is 6.92 Å². The Balaban J connectivity index is 5.90. The average molecular weight is 415 g/mol. The first kappa shape index (κ1) is 27.0. The molecule has 168 valence electrons. The van der Waals surface area contributed by atoms with Crippen LogP contribution in [-0.2, 0) is 23.8 Å². The lowest BCUT2D eigenvalue weighted by molar-refractivity contribution is -0.260. The monoisotopic (exact) mass is 414 g/mol. The SMILES string of the molecule is CCCCC(=COC(C(=O)O)C(OC=C(CC)CCCC)(OCC)C(=O)O)CC. The van der Waals surface area contributed by atoms with Crippen molar-refractivity contribution in [1.82, 2.24) is 0 Å². The smallest absolute Gasteiger partial charge is 0.382 e. The van der Waals surface area contributed by atoms with Gasteiger partial charge in [0.25, 0.3) is 6.10 Å². The van der Waals surface area contributed by atoms with E-state index in [0.29, 0.717) is 12.8 Å². The molecule has 0 aromatic carbocycles. The van der Waals surface area contributed by atoms with Crippen LogP contribution in [0.25, 0.3) is 0 Å². The predicted molar refractivity (Wildman–Crippen MR) is 111 cm³/mol. The molecule has 0 aromatic heterocycles. The Bertz CT molecular complexity index is 553. The van der Waals surface area contributed by atoms with E-state index in [-0.39, 0.29) is 6.61 Å². The van der Waals surface area contributed by atoms with Crippen molar-refractivity contribution in [3.63, 3.8) is 0 Å². The molecule has 0 saturated carbocycles. The number of hydrogen-bond donors (Lipinski definition) is 2. The second-order valence-electron chi connectivity index (χ2n) is 6.84. The van der Waals surface area contributed by atoms with Crippen LogP contribution in [0.4, 0.5) is 0 Å². The Morgan fingerprint density at radius 3 is 1.79 bits per heavy atom. The van der Waals surface area contributed by atoms with E-state index < -0.39 is 23.8 Å². The van der Waals surface area contributed by atoms with Gasteiger partial charge in [0.2, 0.25) is 0 Å². The lowest BCUT2D eigenvalue weighted by Gasteiger charge is -2.32. The van der Waals surface area contributed by atoms with E-state index in [1.807, 2.05) is 13.8 Å².